The van der Waals surface area contributed by atoms with E-state index in [1.807, 2.05) is 0 Å². The van der Waals surface area contributed by atoms with Gasteiger partial charge < -0.3 is 20.3 Å². The van der Waals surface area contributed by atoms with Crippen LogP contribution in [0.3, 0.4) is 0 Å². The first kappa shape index (κ1) is 16.7. The second-order valence-corrected chi connectivity index (χ2v) is 7.23. The number of fused-ring (bicyclic) bond motifs is 3. The van der Waals surface area contributed by atoms with Gasteiger partial charge in [-0.15, -0.1) is 0 Å². The highest BCUT2D eigenvalue weighted by atomic mass is 35.5. The van der Waals surface area contributed by atoms with E-state index in [0.717, 1.165) is 37.0 Å². The van der Waals surface area contributed by atoms with Crippen LogP contribution in [0.25, 0.3) is 0 Å². The van der Waals surface area contributed by atoms with E-state index in [4.69, 9.17) is 33.7 Å². The third-order valence-electron chi connectivity index (χ3n) is 5.23. The van der Waals surface area contributed by atoms with Gasteiger partial charge in [0.1, 0.15) is 12.3 Å². The van der Waals surface area contributed by atoms with Crippen LogP contribution in [0.15, 0.2) is 12.1 Å². The number of anilines is 1. The number of hydrogen-bond acceptors (Lipinski definition) is 3. The van der Waals surface area contributed by atoms with Gasteiger partial charge in [-0.05, 0) is 12.0 Å². The Labute approximate surface area is 146 Å². The molecule has 1 atom stereocenters. The lowest BCUT2D eigenvalue weighted by Crippen LogP contribution is -2.66. The largest absolute Gasteiger partial charge is 0.496 e. The molecule has 23 heavy (non-hydrogen) atoms. The number of hydrogen-bond donors (Lipinski definition) is 2. The van der Waals surface area contributed by atoms with Crippen LogP contribution in [0.4, 0.5) is 5.69 Å². The molecule has 2 bridgehead atoms. The number of halogens is 2. The Kier molecular flexibility index (Phi) is 4.63. The fourth-order valence-electron chi connectivity index (χ4n) is 3.78. The standard InChI is InChI=1S/C16H21Cl2N3O2/c1-23-15-7-13(19)12(18)6-11(15)16(22)20-14-8-21(9-17)4-2-10(14)3-5-21/h6-7,10,14H,2-5,8-9H2,1H3,(H2-,19,20,22)/p+1/t10?,14-,21?/m1/s1. The van der Waals surface area contributed by atoms with E-state index in [9.17, 15) is 4.79 Å². The molecular formula is C16H22Cl2N3O2+. The van der Waals surface area contributed by atoms with Crippen molar-refractivity contribution in [2.24, 2.45) is 5.92 Å². The number of nitrogens with one attached hydrogen (secondary N) is 1. The summed E-state index contributed by atoms with van der Waals surface area (Å²) in [5.41, 5.74) is 6.59. The lowest BCUT2D eigenvalue weighted by atomic mass is 9.82. The van der Waals surface area contributed by atoms with Crippen LogP contribution in [0, 0.1) is 5.92 Å². The molecule has 3 saturated heterocycles. The number of alkyl halides is 1. The summed E-state index contributed by atoms with van der Waals surface area (Å²) < 4.78 is 6.16. The maximum absolute atomic E-state index is 12.7. The number of piperidine rings is 3. The minimum Gasteiger partial charge on any atom is -0.496 e. The lowest BCUT2D eigenvalue weighted by molar-refractivity contribution is -0.933. The molecule has 1 aromatic carbocycles. The normalized spacial score (nSPS) is 29.3. The van der Waals surface area contributed by atoms with Crippen molar-refractivity contribution in [2.45, 2.75) is 18.9 Å². The van der Waals surface area contributed by atoms with Crippen molar-refractivity contribution >= 4 is 34.8 Å². The van der Waals surface area contributed by atoms with Crippen molar-refractivity contribution in [1.82, 2.24) is 5.32 Å². The van der Waals surface area contributed by atoms with Gasteiger partial charge in [0.25, 0.3) is 5.91 Å². The van der Waals surface area contributed by atoms with Crippen LogP contribution in [-0.2, 0) is 0 Å². The molecule has 4 rings (SSSR count). The molecule has 0 unspecified atom stereocenters. The smallest absolute Gasteiger partial charge is 0.255 e. The Balaban J connectivity index is 1.79. The molecule has 126 valence electrons. The van der Waals surface area contributed by atoms with E-state index in [-0.39, 0.29) is 11.9 Å². The second kappa shape index (κ2) is 6.38. The van der Waals surface area contributed by atoms with Crippen molar-refractivity contribution in [2.75, 3.05) is 38.5 Å². The van der Waals surface area contributed by atoms with Gasteiger partial charge in [-0.2, -0.15) is 0 Å². The summed E-state index contributed by atoms with van der Waals surface area (Å²) >= 11 is 12.2. The van der Waals surface area contributed by atoms with Gasteiger partial charge in [-0.3, -0.25) is 4.79 Å². The average molecular weight is 359 g/mol. The monoisotopic (exact) mass is 358 g/mol. The van der Waals surface area contributed by atoms with Gasteiger partial charge in [0, 0.05) is 18.9 Å². The van der Waals surface area contributed by atoms with E-state index in [2.05, 4.69) is 5.32 Å². The van der Waals surface area contributed by atoms with Crippen molar-refractivity contribution in [3.63, 3.8) is 0 Å². The summed E-state index contributed by atoms with van der Waals surface area (Å²) in [4.78, 5) is 12.7. The summed E-state index contributed by atoms with van der Waals surface area (Å²) in [6.07, 6.45) is 2.22. The molecule has 3 aliphatic heterocycles. The number of ether oxygens (including phenoxy) is 1. The number of nitrogen functional groups attached to an aromatic ring is 1. The van der Waals surface area contributed by atoms with Crippen LogP contribution in [-0.4, -0.2) is 49.2 Å². The molecular weight excluding hydrogens is 337 g/mol. The minimum atomic E-state index is -0.171. The molecule has 1 aromatic rings. The zero-order valence-electron chi connectivity index (χ0n) is 13.1. The second-order valence-electron chi connectivity index (χ2n) is 6.58. The first-order valence-electron chi connectivity index (χ1n) is 7.83. The first-order valence-corrected chi connectivity index (χ1v) is 8.74. The Morgan fingerprint density at radius 2 is 2.13 bits per heavy atom. The van der Waals surface area contributed by atoms with Crippen molar-refractivity contribution in [1.29, 1.82) is 0 Å². The predicted molar refractivity (Wildman–Crippen MR) is 92.0 cm³/mol. The molecule has 0 radical (unpaired) electrons. The number of quaternary nitrogens is 1. The van der Waals surface area contributed by atoms with Gasteiger partial charge in [0.15, 0.2) is 6.00 Å². The molecule has 5 nitrogen and oxygen atoms in total. The van der Waals surface area contributed by atoms with Gasteiger partial charge in [-0.25, -0.2) is 0 Å². The first-order chi connectivity index (χ1) is 11.0. The van der Waals surface area contributed by atoms with Crippen LogP contribution in [0.2, 0.25) is 5.02 Å². The Morgan fingerprint density at radius 3 is 2.74 bits per heavy atom. The van der Waals surface area contributed by atoms with Crippen molar-refractivity contribution < 1.29 is 14.0 Å². The number of amides is 1. The van der Waals surface area contributed by atoms with E-state index in [1.165, 1.54) is 7.11 Å². The van der Waals surface area contributed by atoms with Gasteiger partial charge in [0.2, 0.25) is 0 Å². The van der Waals surface area contributed by atoms with Crippen LogP contribution >= 0.6 is 23.2 Å². The van der Waals surface area contributed by atoms with Gasteiger partial charge in [0.05, 0.1) is 42.5 Å². The van der Waals surface area contributed by atoms with Gasteiger partial charge >= 0.3 is 0 Å². The summed E-state index contributed by atoms with van der Waals surface area (Å²) in [6, 6.07) is 3.90. The van der Waals surface area contributed by atoms with Crippen LogP contribution < -0.4 is 15.8 Å². The number of carbonyl (C=O) groups is 1. The number of methoxy groups -OCH3 is 1. The van der Waals surface area contributed by atoms with E-state index in [0.29, 0.717) is 33.9 Å². The molecule has 3 heterocycles. The minimum absolute atomic E-state index is 0.143. The molecule has 0 saturated carbocycles. The number of nitrogens with two attached hydrogens (primary N) is 1. The van der Waals surface area contributed by atoms with Crippen molar-refractivity contribution in [3.8, 4) is 5.75 Å². The number of carbonyl (C=O) groups excluding carboxylic acids is 1. The highest BCUT2D eigenvalue weighted by Gasteiger charge is 2.46. The summed E-state index contributed by atoms with van der Waals surface area (Å²) in [6.45, 7) is 3.11. The molecule has 1 amide bonds. The van der Waals surface area contributed by atoms with E-state index < -0.39 is 0 Å². The molecule has 3 N–H and O–H groups in total. The molecule has 3 fully saturated rings. The van der Waals surface area contributed by atoms with E-state index >= 15 is 0 Å². The van der Waals surface area contributed by atoms with E-state index in [1.54, 1.807) is 12.1 Å². The Hall–Kier alpha value is -1.17. The average Bonchev–Trinajstić information content (AvgIpc) is 2.58. The molecule has 7 heteroatoms. The fraction of sp³-hybridized carbons (Fsp3) is 0.562. The molecule has 0 aromatic heterocycles. The summed E-state index contributed by atoms with van der Waals surface area (Å²) in [5, 5.41) is 3.51. The highest BCUT2D eigenvalue weighted by Crippen LogP contribution is 2.35. The summed E-state index contributed by atoms with van der Waals surface area (Å²) in [5.74, 6) is 0.791. The van der Waals surface area contributed by atoms with Gasteiger partial charge in [-0.1, -0.05) is 23.2 Å². The fourth-order valence-corrected chi connectivity index (χ4v) is 4.28. The third kappa shape index (κ3) is 3.10. The maximum atomic E-state index is 12.7. The predicted octanol–water partition coefficient (Wildman–Crippen LogP) is 2.47. The summed E-state index contributed by atoms with van der Waals surface area (Å²) in [7, 11) is 1.52. The van der Waals surface area contributed by atoms with Crippen molar-refractivity contribution in [3.05, 3.63) is 22.7 Å². The zero-order valence-corrected chi connectivity index (χ0v) is 14.7. The number of nitrogens with zero attached hydrogens (tertiary/aromatic N) is 1. The lowest BCUT2D eigenvalue weighted by Gasteiger charge is -2.51. The molecule has 0 spiro atoms. The molecule has 3 aliphatic rings. The molecule has 0 aliphatic carbocycles. The number of benzene rings is 1. The number of rotatable bonds is 4. The van der Waals surface area contributed by atoms with Crippen LogP contribution in [0.1, 0.15) is 23.2 Å². The zero-order chi connectivity index (χ0) is 16.6. The Morgan fingerprint density at radius 1 is 1.43 bits per heavy atom. The Bertz CT molecular complexity index is 616. The SMILES string of the molecule is COc1cc(N)c(Cl)cc1C(=O)N[C@@H]1C[N+]2(CCl)CCC1CC2. The topological polar surface area (TPSA) is 64.3 Å². The quantitative estimate of drug-likeness (QED) is 0.376. The van der Waals surface area contributed by atoms with Crippen LogP contribution in [0.5, 0.6) is 5.75 Å². The highest BCUT2D eigenvalue weighted by molar-refractivity contribution is 6.33. The maximum Gasteiger partial charge on any atom is 0.255 e. The third-order valence-corrected chi connectivity index (χ3v) is 6.07.